The van der Waals surface area contributed by atoms with E-state index in [1.807, 2.05) is 13.0 Å². The number of carbonyl (C=O) groups excluding carboxylic acids is 1. The van der Waals surface area contributed by atoms with Gasteiger partial charge in [-0.3, -0.25) is 4.79 Å². The van der Waals surface area contributed by atoms with Crippen molar-refractivity contribution in [1.29, 1.82) is 0 Å². The van der Waals surface area contributed by atoms with Gasteiger partial charge in [0.2, 0.25) is 0 Å². The normalized spacial score (nSPS) is 13.0. The number of aldehydes is 1. The Labute approximate surface area is 122 Å². The molecule has 0 aliphatic rings. The van der Waals surface area contributed by atoms with Crippen molar-refractivity contribution in [1.82, 2.24) is 14.9 Å². The van der Waals surface area contributed by atoms with Gasteiger partial charge >= 0.3 is 6.55 Å². The molecule has 1 heterocycles. The van der Waals surface area contributed by atoms with E-state index in [4.69, 9.17) is 0 Å². The molecule has 0 saturated heterocycles. The number of hydrogen-bond acceptors (Lipinski definition) is 4. The highest BCUT2D eigenvalue weighted by Crippen LogP contribution is 2.18. The molecule has 1 aromatic rings. The Morgan fingerprint density at radius 1 is 1.29 bits per heavy atom. The van der Waals surface area contributed by atoms with E-state index < -0.39 is 6.55 Å². The third-order valence-electron chi connectivity index (χ3n) is 2.62. The van der Waals surface area contributed by atoms with Crippen LogP contribution in [0, 0.1) is 0 Å². The third-order valence-corrected chi connectivity index (χ3v) is 2.62. The minimum absolute atomic E-state index is 0.137. The Morgan fingerprint density at radius 2 is 1.90 bits per heavy atom. The zero-order valence-corrected chi connectivity index (χ0v) is 12.1. The molecule has 4 nitrogen and oxygen atoms in total. The van der Waals surface area contributed by atoms with Gasteiger partial charge in [0, 0.05) is 25.0 Å². The Kier molecular flexibility index (Phi) is 6.39. The molecule has 0 fully saturated rings. The number of alkyl halides is 2. The molecule has 1 rings (SSSR count). The van der Waals surface area contributed by atoms with Crippen molar-refractivity contribution in [3.8, 4) is 0 Å². The van der Waals surface area contributed by atoms with Crippen LogP contribution < -0.4 is 0 Å². The van der Waals surface area contributed by atoms with Crippen molar-refractivity contribution in [2.45, 2.75) is 20.4 Å². The average Bonchev–Trinajstić information content (AvgIpc) is 2.48. The lowest BCUT2D eigenvalue weighted by Gasteiger charge is -2.20. The summed E-state index contributed by atoms with van der Waals surface area (Å²) in [7, 11) is 1.24. The molecule has 0 saturated carbocycles. The standard InChI is InChI=1S/C15H17F2N3O/c1-4-5-12-8-18-14(19-9-12)13(20(3)15(16)17)7-6-11(2)10-21/h4-10,15H,1-3H3/b5-4+,11-6-,13-7-. The highest BCUT2D eigenvalue weighted by atomic mass is 19.3. The van der Waals surface area contributed by atoms with Gasteiger partial charge in [0.25, 0.3) is 0 Å². The minimum atomic E-state index is -2.69. The van der Waals surface area contributed by atoms with Gasteiger partial charge in [0.1, 0.15) is 6.29 Å². The van der Waals surface area contributed by atoms with Gasteiger partial charge in [-0.25, -0.2) is 9.97 Å². The van der Waals surface area contributed by atoms with Crippen LogP contribution in [0.15, 0.2) is 36.2 Å². The molecule has 0 amide bonds. The first-order valence-electron chi connectivity index (χ1n) is 6.29. The molecule has 0 unspecified atom stereocenters. The number of carbonyl (C=O) groups is 1. The molecule has 1 aromatic heterocycles. The maximum atomic E-state index is 12.9. The molecule has 0 atom stereocenters. The lowest BCUT2D eigenvalue weighted by atomic mass is 10.2. The van der Waals surface area contributed by atoms with Crippen LogP contribution in [0.1, 0.15) is 25.2 Å². The van der Waals surface area contributed by atoms with Gasteiger partial charge in [-0.1, -0.05) is 18.2 Å². The maximum Gasteiger partial charge on any atom is 0.315 e. The van der Waals surface area contributed by atoms with Gasteiger partial charge < -0.3 is 4.90 Å². The van der Waals surface area contributed by atoms with E-state index in [2.05, 4.69) is 9.97 Å². The number of hydrogen-bond donors (Lipinski definition) is 0. The Balaban J connectivity index is 3.20. The SMILES string of the molecule is C/C=C/c1cnc(/C(=C/C=C(/C)C=O)N(C)C(F)F)nc1. The third kappa shape index (κ3) is 4.91. The van der Waals surface area contributed by atoms with Crippen LogP contribution >= 0.6 is 0 Å². The fourth-order valence-corrected chi connectivity index (χ4v) is 1.45. The van der Waals surface area contributed by atoms with Crippen molar-refractivity contribution in [3.63, 3.8) is 0 Å². The summed E-state index contributed by atoms with van der Waals surface area (Å²) < 4.78 is 25.8. The second kappa shape index (κ2) is 8.04. The summed E-state index contributed by atoms with van der Waals surface area (Å²) >= 11 is 0. The molecule has 6 heteroatoms. The first-order valence-corrected chi connectivity index (χ1v) is 6.29. The highest BCUT2D eigenvalue weighted by Gasteiger charge is 2.17. The smallest absolute Gasteiger partial charge is 0.315 e. The van der Waals surface area contributed by atoms with Crippen LogP contribution in [0.3, 0.4) is 0 Å². The van der Waals surface area contributed by atoms with E-state index in [1.54, 1.807) is 25.4 Å². The second-order valence-corrected chi connectivity index (χ2v) is 4.31. The van der Waals surface area contributed by atoms with Gasteiger partial charge in [-0.05, 0) is 25.5 Å². The van der Waals surface area contributed by atoms with E-state index in [-0.39, 0.29) is 11.5 Å². The molecule has 21 heavy (non-hydrogen) atoms. The van der Waals surface area contributed by atoms with Crippen molar-refractivity contribution >= 4 is 18.1 Å². The van der Waals surface area contributed by atoms with Gasteiger partial charge in [-0.15, -0.1) is 0 Å². The van der Waals surface area contributed by atoms with Crippen LogP contribution in [0.4, 0.5) is 8.78 Å². The molecule has 112 valence electrons. The van der Waals surface area contributed by atoms with E-state index in [0.717, 1.165) is 10.5 Å². The monoisotopic (exact) mass is 293 g/mol. The topological polar surface area (TPSA) is 46.1 Å². The predicted octanol–water partition coefficient (Wildman–Crippen LogP) is 3.15. The molecule has 0 bridgehead atoms. The number of nitrogens with zero attached hydrogens (tertiary/aromatic N) is 3. The zero-order chi connectivity index (χ0) is 15.8. The van der Waals surface area contributed by atoms with Crippen molar-refractivity contribution < 1.29 is 13.6 Å². The molecule has 0 aromatic carbocycles. The van der Waals surface area contributed by atoms with Gasteiger partial charge in [0.05, 0.1) is 5.70 Å². The lowest BCUT2D eigenvalue weighted by Crippen LogP contribution is -2.23. The van der Waals surface area contributed by atoms with E-state index >= 15 is 0 Å². The number of rotatable bonds is 6. The zero-order valence-electron chi connectivity index (χ0n) is 12.1. The van der Waals surface area contributed by atoms with Crippen LogP contribution in [0.2, 0.25) is 0 Å². The average molecular weight is 293 g/mol. The summed E-state index contributed by atoms with van der Waals surface area (Å²) in [5.41, 5.74) is 1.33. The Bertz CT molecular complexity index is 563. The quantitative estimate of drug-likeness (QED) is 0.350. The molecule has 0 spiro atoms. The molecular weight excluding hydrogens is 276 g/mol. The van der Waals surface area contributed by atoms with Gasteiger partial charge in [0.15, 0.2) is 5.82 Å². The maximum absolute atomic E-state index is 12.9. The largest absolute Gasteiger partial charge is 0.316 e. The summed E-state index contributed by atoms with van der Waals surface area (Å²) in [6, 6.07) is 0. The summed E-state index contributed by atoms with van der Waals surface area (Å²) in [6.45, 7) is 0.746. The van der Waals surface area contributed by atoms with Crippen LogP contribution in [-0.2, 0) is 4.79 Å². The van der Waals surface area contributed by atoms with E-state index in [9.17, 15) is 13.6 Å². The molecule has 0 N–H and O–H groups in total. The van der Waals surface area contributed by atoms with Crippen molar-refractivity contribution in [3.05, 3.63) is 47.6 Å². The molecular formula is C15H17F2N3O. The van der Waals surface area contributed by atoms with Crippen LogP contribution in [-0.4, -0.2) is 34.8 Å². The summed E-state index contributed by atoms with van der Waals surface area (Å²) in [5, 5.41) is 0. The first-order chi connectivity index (χ1) is 9.99. The predicted molar refractivity (Wildman–Crippen MR) is 78.3 cm³/mol. The molecule has 0 aliphatic carbocycles. The number of aromatic nitrogens is 2. The summed E-state index contributed by atoms with van der Waals surface area (Å²) in [5.74, 6) is 0.168. The summed E-state index contributed by atoms with van der Waals surface area (Å²) in [6.07, 6.45) is 10.2. The van der Waals surface area contributed by atoms with Crippen molar-refractivity contribution in [2.24, 2.45) is 0 Å². The van der Waals surface area contributed by atoms with Gasteiger partial charge in [-0.2, -0.15) is 8.78 Å². The summed E-state index contributed by atoms with van der Waals surface area (Å²) in [4.78, 5) is 19.5. The Morgan fingerprint density at radius 3 is 2.38 bits per heavy atom. The van der Waals surface area contributed by atoms with Crippen molar-refractivity contribution in [2.75, 3.05) is 7.05 Å². The first kappa shape index (κ1) is 16.7. The molecule has 0 aliphatic heterocycles. The Hall–Kier alpha value is -2.37. The number of halogens is 2. The highest BCUT2D eigenvalue weighted by molar-refractivity contribution is 5.74. The lowest BCUT2D eigenvalue weighted by molar-refractivity contribution is -0.104. The van der Waals surface area contributed by atoms with Crippen LogP contribution in [0.25, 0.3) is 11.8 Å². The van der Waals surface area contributed by atoms with E-state index in [0.29, 0.717) is 11.9 Å². The van der Waals surface area contributed by atoms with Crippen LogP contribution in [0.5, 0.6) is 0 Å². The fourth-order valence-electron chi connectivity index (χ4n) is 1.45. The minimum Gasteiger partial charge on any atom is -0.316 e. The van der Waals surface area contributed by atoms with E-state index in [1.165, 1.54) is 19.2 Å². The molecule has 0 radical (unpaired) electrons. The fraction of sp³-hybridized carbons (Fsp3) is 0.267. The second-order valence-electron chi connectivity index (χ2n) is 4.31. The number of allylic oxidation sites excluding steroid dienone is 4.